The van der Waals surface area contributed by atoms with Crippen LogP contribution in [0, 0.1) is 0 Å². The Morgan fingerprint density at radius 1 is 1.33 bits per heavy atom. The molecule has 3 nitrogen and oxygen atoms in total. The number of ether oxygens (including phenoxy) is 1. The Kier molecular flexibility index (Phi) is 6.49. The van der Waals surface area contributed by atoms with Crippen molar-refractivity contribution in [3.8, 4) is 5.75 Å². The van der Waals surface area contributed by atoms with E-state index in [2.05, 4.69) is 29.5 Å². The van der Waals surface area contributed by atoms with Gasteiger partial charge in [-0.2, -0.15) is 0 Å². The Labute approximate surface area is 135 Å². The zero-order valence-electron chi connectivity index (χ0n) is 12.5. The molecule has 21 heavy (non-hydrogen) atoms. The third kappa shape index (κ3) is 4.99. The number of rotatable bonds is 8. The van der Waals surface area contributed by atoms with E-state index in [0.29, 0.717) is 6.61 Å². The predicted molar refractivity (Wildman–Crippen MR) is 89.3 cm³/mol. The number of nitrogens with one attached hydrogen (secondary N) is 1. The molecule has 1 heterocycles. The Morgan fingerprint density at radius 2 is 2.19 bits per heavy atom. The highest BCUT2D eigenvalue weighted by Crippen LogP contribution is 2.23. The molecule has 0 aliphatic rings. The molecule has 0 fully saturated rings. The molecule has 2 rings (SSSR count). The van der Waals surface area contributed by atoms with E-state index in [1.165, 1.54) is 0 Å². The van der Waals surface area contributed by atoms with E-state index in [-0.39, 0.29) is 0 Å². The molecule has 0 aliphatic heterocycles. The Balaban J connectivity index is 1.88. The van der Waals surface area contributed by atoms with Gasteiger partial charge in [0.2, 0.25) is 0 Å². The van der Waals surface area contributed by atoms with Crippen molar-refractivity contribution in [2.75, 3.05) is 6.54 Å². The van der Waals surface area contributed by atoms with Crippen molar-refractivity contribution < 1.29 is 4.74 Å². The average Bonchev–Trinajstić information content (AvgIpc) is 2.94. The first kappa shape index (κ1) is 16.3. The predicted octanol–water partition coefficient (Wildman–Crippen LogP) is 4.44. The van der Waals surface area contributed by atoms with E-state index in [1.54, 1.807) is 11.3 Å². The molecule has 0 saturated carbocycles. The van der Waals surface area contributed by atoms with Crippen LogP contribution < -0.4 is 10.1 Å². The highest BCUT2D eigenvalue weighted by atomic mass is 35.5. The van der Waals surface area contributed by atoms with E-state index in [0.717, 1.165) is 53.0 Å². The van der Waals surface area contributed by atoms with E-state index in [4.69, 9.17) is 16.3 Å². The lowest BCUT2D eigenvalue weighted by Gasteiger charge is -2.07. The van der Waals surface area contributed by atoms with Crippen LogP contribution in [0.15, 0.2) is 23.6 Å². The topological polar surface area (TPSA) is 34.2 Å². The van der Waals surface area contributed by atoms with Gasteiger partial charge in [-0.1, -0.05) is 25.4 Å². The van der Waals surface area contributed by atoms with Gasteiger partial charge in [0.15, 0.2) is 0 Å². The lowest BCUT2D eigenvalue weighted by atomic mass is 10.1. The summed E-state index contributed by atoms with van der Waals surface area (Å²) in [6.07, 6.45) is 2.04. The lowest BCUT2D eigenvalue weighted by molar-refractivity contribution is 0.301. The Hall–Kier alpha value is -1.10. The fourth-order valence-corrected chi connectivity index (χ4v) is 2.94. The first-order valence-electron chi connectivity index (χ1n) is 7.28. The number of benzene rings is 1. The third-order valence-electron chi connectivity index (χ3n) is 3.09. The Bertz CT molecular complexity index is 571. The highest BCUT2D eigenvalue weighted by molar-refractivity contribution is 7.09. The van der Waals surface area contributed by atoms with Gasteiger partial charge in [-0.25, -0.2) is 4.98 Å². The van der Waals surface area contributed by atoms with Gasteiger partial charge in [0.05, 0.1) is 5.69 Å². The van der Waals surface area contributed by atoms with Crippen LogP contribution in [0.4, 0.5) is 0 Å². The van der Waals surface area contributed by atoms with E-state index < -0.39 is 0 Å². The van der Waals surface area contributed by atoms with Crippen molar-refractivity contribution in [2.24, 2.45) is 0 Å². The smallest absolute Gasteiger partial charge is 0.131 e. The second-order valence-electron chi connectivity index (χ2n) is 4.80. The van der Waals surface area contributed by atoms with Crippen molar-refractivity contribution in [1.29, 1.82) is 0 Å². The highest BCUT2D eigenvalue weighted by Gasteiger charge is 2.05. The quantitative estimate of drug-likeness (QED) is 0.729. The molecule has 0 spiro atoms. The van der Waals surface area contributed by atoms with Gasteiger partial charge in [0, 0.05) is 16.9 Å². The molecular formula is C16H21ClN2OS. The molecule has 0 amide bonds. The van der Waals surface area contributed by atoms with Crippen LogP contribution in [-0.4, -0.2) is 11.5 Å². The zero-order chi connectivity index (χ0) is 15.1. The van der Waals surface area contributed by atoms with Crippen LogP contribution in [0.1, 0.15) is 36.5 Å². The van der Waals surface area contributed by atoms with Crippen LogP contribution in [0.5, 0.6) is 5.75 Å². The summed E-state index contributed by atoms with van der Waals surface area (Å²) in [5, 5.41) is 7.31. The molecule has 0 radical (unpaired) electrons. The van der Waals surface area contributed by atoms with E-state index >= 15 is 0 Å². The van der Waals surface area contributed by atoms with Crippen molar-refractivity contribution in [3.05, 3.63) is 44.9 Å². The number of hydrogen-bond acceptors (Lipinski definition) is 4. The number of aryl methyl sites for hydroxylation is 1. The normalized spacial score (nSPS) is 10.8. The summed E-state index contributed by atoms with van der Waals surface area (Å²) in [5.41, 5.74) is 2.08. The molecule has 0 bridgehead atoms. The van der Waals surface area contributed by atoms with Gasteiger partial charge in [-0.3, -0.25) is 0 Å². The maximum absolute atomic E-state index is 6.10. The number of thiazole rings is 1. The summed E-state index contributed by atoms with van der Waals surface area (Å²) < 4.78 is 5.79. The molecule has 0 atom stereocenters. The van der Waals surface area contributed by atoms with Crippen LogP contribution in [0.3, 0.4) is 0 Å². The third-order valence-corrected chi connectivity index (χ3v) is 4.35. The SMILES string of the molecule is CCCNCc1nc(COc2ccc(Cl)c(CC)c2)cs1. The molecule has 1 aromatic heterocycles. The van der Waals surface area contributed by atoms with Crippen molar-refractivity contribution in [2.45, 2.75) is 39.8 Å². The molecule has 114 valence electrons. The van der Waals surface area contributed by atoms with Crippen LogP contribution >= 0.6 is 22.9 Å². The lowest BCUT2D eigenvalue weighted by Crippen LogP contribution is -2.13. The molecular weight excluding hydrogens is 304 g/mol. The van der Waals surface area contributed by atoms with Crippen LogP contribution in [0.25, 0.3) is 0 Å². The minimum atomic E-state index is 0.495. The first-order chi connectivity index (χ1) is 10.2. The van der Waals surface area contributed by atoms with Gasteiger partial charge in [0.1, 0.15) is 17.4 Å². The summed E-state index contributed by atoms with van der Waals surface area (Å²) in [7, 11) is 0. The molecule has 0 unspecified atom stereocenters. The van der Waals surface area contributed by atoms with Crippen molar-refractivity contribution in [1.82, 2.24) is 10.3 Å². The maximum Gasteiger partial charge on any atom is 0.131 e. The number of aromatic nitrogens is 1. The monoisotopic (exact) mass is 324 g/mol. The fourth-order valence-electron chi connectivity index (χ4n) is 1.94. The second-order valence-corrected chi connectivity index (χ2v) is 6.15. The zero-order valence-corrected chi connectivity index (χ0v) is 14.1. The van der Waals surface area contributed by atoms with Crippen molar-refractivity contribution >= 4 is 22.9 Å². The average molecular weight is 325 g/mol. The maximum atomic E-state index is 6.10. The van der Waals surface area contributed by atoms with E-state index in [9.17, 15) is 0 Å². The molecule has 0 saturated heterocycles. The van der Waals surface area contributed by atoms with Gasteiger partial charge in [0.25, 0.3) is 0 Å². The fraction of sp³-hybridized carbons (Fsp3) is 0.438. The summed E-state index contributed by atoms with van der Waals surface area (Å²) in [4.78, 5) is 4.56. The first-order valence-corrected chi connectivity index (χ1v) is 8.54. The summed E-state index contributed by atoms with van der Waals surface area (Å²) in [5.74, 6) is 0.843. The molecule has 5 heteroatoms. The summed E-state index contributed by atoms with van der Waals surface area (Å²) in [6, 6.07) is 5.78. The minimum Gasteiger partial charge on any atom is -0.487 e. The number of hydrogen-bond donors (Lipinski definition) is 1. The van der Waals surface area contributed by atoms with Gasteiger partial charge < -0.3 is 10.1 Å². The second kappa shape index (κ2) is 8.37. The van der Waals surface area contributed by atoms with Crippen LogP contribution in [0.2, 0.25) is 5.02 Å². The molecule has 2 aromatic rings. The molecule has 1 aromatic carbocycles. The Morgan fingerprint density at radius 3 is 2.95 bits per heavy atom. The molecule has 0 aliphatic carbocycles. The largest absolute Gasteiger partial charge is 0.487 e. The number of nitrogens with zero attached hydrogens (tertiary/aromatic N) is 1. The summed E-state index contributed by atoms with van der Waals surface area (Å²) in [6.45, 7) is 6.59. The molecule has 1 N–H and O–H groups in total. The van der Waals surface area contributed by atoms with Crippen molar-refractivity contribution in [3.63, 3.8) is 0 Å². The standard InChI is InChI=1S/C16H21ClN2OS/c1-3-7-18-9-16-19-13(11-21-16)10-20-14-5-6-15(17)12(4-2)8-14/h5-6,8,11,18H,3-4,7,9-10H2,1-2H3. The van der Waals surface area contributed by atoms with E-state index in [1.807, 2.05) is 18.2 Å². The van der Waals surface area contributed by atoms with Gasteiger partial charge in [-0.15, -0.1) is 11.3 Å². The number of halogens is 1. The summed E-state index contributed by atoms with van der Waals surface area (Å²) >= 11 is 7.77. The van der Waals surface area contributed by atoms with Gasteiger partial charge in [-0.05, 0) is 43.1 Å². The van der Waals surface area contributed by atoms with Crippen LogP contribution in [-0.2, 0) is 19.6 Å². The van der Waals surface area contributed by atoms with Gasteiger partial charge >= 0.3 is 0 Å². The minimum absolute atomic E-state index is 0.495.